The molecule has 0 saturated carbocycles. The van der Waals surface area contributed by atoms with Crippen LogP contribution in [0.5, 0.6) is 0 Å². The van der Waals surface area contributed by atoms with Crippen LogP contribution in [0.25, 0.3) is 0 Å². The molecule has 1 N–H and O–H groups in total. The molecular formula is C15H22ClNOS. The summed E-state index contributed by atoms with van der Waals surface area (Å²) >= 11 is 7.45. The number of hydrogen-bond acceptors (Lipinski definition) is 2. The molecule has 0 aromatic heterocycles. The Bertz CT molecular complexity index is 405. The number of nitrogens with one attached hydrogen (secondary N) is 1. The topological polar surface area (TPSA) is 29.1 Å². The number of carbonyl (C=O) groups excluding carboxylic acids is 1. The van der Waals surface area contributed by atoms with Crippen molar-refractivity contribution in [2.75, 3.05) is 0 Å². The largest absolute Gasteiger partial charge is 0.352 e. The molecule has 2 nitrogen and oxygen atoms in total. The molecule has 0 fully saturated rings. The van der Waals surface area contributed by atoms with E-state index in [-0.39, 0.29) is 17.2 Å². The van der Waals surface area contributed by atoms with E-state index < -0.39 is 0 Å². The lowest BCUT2D eigenvalue weighted by atomic mass is 10.1. The van der Waals surface area contributed by atoms with Crippen LogP contribution in [0.1, 0.15) is 34.1 Å². The van der Waals surface area contributed by atoms with E-state index in [0.717, 1.165) is 16.3 Å². The fourth-order valence-corrected chi connectivity index (χ4v) is 2.57. The fraction of sp³-hybridized carbons (Fsp3) is 0.533. The van der Waals surface area contributed by atoms with Gasteiger partial charge in [-0.2, -0.15) is 0 Å². The molecule has 1 aromatic carbocycles. The van der Waals surface area contributed by atoms with E-state index in [4.69, 9.17) is 11.6 Å². The minimum absolute atomic E-state index is 0.0534. The van der Waals surface area contributed by atoms with Gasteiger partial charge in [-0.15, -0.1) is 11.8 Å². The number of halogens is 1. The SMILES string of the molecule is CCC(Sc1ccc(Cl)cc1)C(=O)NC(C)C(C)C. The standard InChI is InChI=1S/C15H22ClNOS/c1-5-14(15(18)17-11(4)10(2)3)19-13-8-6-12(16)7-9-13/h6-11,14H,5H2,1-4H3,(H,17,18). The van der Waals surface area contributed by atoms with Crippen LogP contribution in [0.2, 0.25) is 5.02 Å². The number of thioether (sulfide) groups is 1. The molecule has 2 unspecified atom stereocenters. The average molecular weight is 300 g/mol. The average Bonchev–Trinajstić information content (AvgIpc) is 2.37. The lowest BCUT2D eigenvalue weighted by Gasteiger charge is -2.21. The number of hydrogen-bond donors (Lipinski definition) is 1. The predicted octanol–water partition coefficient (Wildman–Crippen LogP) is 4.37. The van der Waals surface area contributed by atoms with Crippen molar-refractivity contribution < 1.29 is 4.79 Å². The van der Waals surface area contributed by atoms with E-state index in [0.29, 0.717) is 5.92 Å². The quantitative estimate of drug-likeness (QED) is 0.790. The number of amides is 1. The van der Waals surface area contributed by atoms with Gasteiger partial charge in [-0.05, 0) is 43.5 Å². The molecule has 0 spiro atoms. The molecule has 0 bridgehead atoms. The van der Waals surface area contributed by atoms with Gasteiger partial charge in [0.15, 0.2) is 0 Å². The Morgan fingerprint density at radius 1 is 1.26 bits per heavy atom. The molecule has 4 heteroatoms. The Kier molecular flexibility index (Phi) is 6.73. The van der Waals surface area contributed by atoms with E-state index in [2.05, 4.69) is 19.2 Å². The molecule has 0 radical (unpaired) electrons. The Morgan fingerprint density at radius 2 is 1.84 bits per heavy atom. The highest BCUT2D eigenvalue weighted by molar-refractivity contribution is 8.00. The summed E-state index contributed by atoms with van der Waals surface area (Å²) in [5, 5.41) is 3.74. The summed E-state index contributed by atoms with van der Waals surface area (Å²) in [6.45, 7) is 8.30. The van der Waals surface area contributed by atoms with E-state index >= 15 is 0 Å². The van der Waals surface area contributed by atoms with Gasteiger partial charge in [-0.1, -0.05) is 32.4 Å². The van der Waals surface area contributed by atoms with Crippen molar-refractivity contribution >= 4 is 29.3 Å². The first-order chi connectivity index (χ1) is 8.93. The van der Waals surface area contributed by atoms with Crippen LogP contribution in [0.15, 0.2) is 29.2 Å². The molecule has 0 aliphatic carbocycles. The monoisotopic (exact) mass is 299 g/mol. The summed E-state index contributed by atoms with van der Waals surface area (Å²) in [7, 11) is 0. The molecular weight excluding hydrogens is 278 g/mol. The molecule has 0 aliphatic rings. The first-order valence-electron chi connectivity index (χ1n) is 6.66. The zero-order valence-corrected chi connectivity index (χ0v) is 13.5. The van der Waals surface area contributed by atoms with Gasteiger partial charge >= 0.3 is 0 Å². The summed E-state index contributed by atoms with van der Waals surface area (Å²) in [6, 6.07) is 7.81. The minimum Gasteiger partial charge on any atom is -0.352 e. The number of rotatable bonds is 6. The number of carbonyl (C=O) groups is 1. The molecule has 0 heterocycles. The summed E-state index contributed by atoms with van der Waals surface area (Å²) in [6.07, 6.45) is 0.809. The third-order valence-corrected chi connectivity index (χ3v) is 4.75. The zero-order valence-electron chi connectivity index (χ0n) is 11.9. The van der Waals surface area contributed by atoms with Crippen LogP contribution in [-0.2, 0) is 4.79 Å². The van der Waals surface area contributed by atoms with E-state index in [1.807, 2.05) is 38.1 Å². The van der Waals surface area contributed by atoms with Gasteiger partial charge in [-0.25, -0.2) is 0 Å². The van der Waals surface area contributed by atoms with Gasteiger partial charge < -0.3 is 5.32 Å². The Balaban J connectivity index is 2.62. The highest BCUT2D eigenvalue weighted by atomic mass is 35.5. The van der Waals surface area contributed by atoms with Gasteiger partial charge in [0.1, 0.15) is 0 Å². The van der Waals surface area contributed by atoms with Crippen molar-refractivity contribution in [2.24, 2.45) is 5.92 Å². The van der Waals surface area contributed by atoms with E-state index in [1.54, 1.807) is 11.8 Å². The molecule has 1 aromatic rings. The minimum atomic E-state index is -0.0534. The van der Waals surface area contributed by atoms with Crippen LogP contribution in [0.3, 0.4) is 0 Å². The van der Waals surface area contributed by atoms with Crippen LogP contribution in [-0.4, -0.2) is 17.2 Å². The van der Waals surface area contributed by atoms with Crippen molar-refractivity contribution in [2.45, 2.75) is 50.3 Å². The first kappa shape index (κ1) is 16.4. The highest BCUT2D eigenvalue weighted by Gasteiger charge is 2.20. The Hall–Kier alpha value is -0.670. The smallest absolute Gasteiger partial charge is 0.233 e. The summed E-state index contributed by atoms with van der Waals surface area (Å²) < 4.78 is 0. The predicted molar refractivity (Wildman–Crippen MR) is 83.8 cm³/mol. The normalized spacial score (nSPS) is 14.2. The second-order valence-corrected chi connectivity index (χ2v) is 6.72. The molecule has 1 amide bonds. The maximum atomic E-state index is 12.2. The number of benzene rings is 1. The van der Waals surface area contributed by atoms with E-state index in [1.165, 1.54) is 0 Å². The first-order valence-corrected chi connectivity index (χ1v) is 7.92. The molecule has 1 rings (SSSR count). The van der Waals surface area contributed by atoms with Crippen molar-refractivity contribution in [1.82, 2.24) is 5.32 Å². The van der Waals surface area contributed by atoms with Crippen molar-refractivity contribution in [3.8, 4) is 0 Å². The van der Waals surface area contributed by atoms with Gasteiger partial charge in [0.2, 0.25) is 5.91 Å². The van der Waals surface area contributed by atoms with Crippen molar-refractivity contribution in [3.63, 3.8) is 0 Å². The van der Waals surface area contributed by atoms with Crippen LogP contribution in [0.4, 0.5) is 0 Å². The lowest BCUT2D eigenvalue weighted by molar-refractivity contribution is -0.121. The van der Waals surface area contributed by atoms with Gasteiger partial charge in [-0.3, -0.25) is 4.79 Å². The molecule has 2 atom stereocenters. The van der Waals surface area contributed by atoms with Gasteiger partial charge in [0.05, 0.1) is 5.25 Å². The molecule has 0 aliphatic heterocycles. The second-order valence-electron chi connectivity index (χ2n) is 5.01. The molecule has 0 saturated heterocycles. The zero-order chi connectivity index (χ0) is 14.4. The van der Waals surface area contributed by atoms with Crippen LogP contribution < -0.4 is 5.32 Å². The summed E-state index contributed by atoms with van der Waals surface area (Å²) in [5.74, 6) is 0.561. The van der Waals surface area contributed by atoms with Gasteiger partial charge in [0.25, 0.3) is 0 Å². The maximum absolute atomic E-state index is 12.2. The third kappa shape index (κ3) is 5.45. The van der Waals surface area contributed by atoms with E-state index in [9.17, 15) is 4.79 Å². The summed E-state index contributed by atoms with van der Waals surface area (Å²) in [4.78, 5) is 13.3. The Morgan fingerprint density at radius 3 is 2.32 bits per heavy atom. The molecule has 106 valence electrons. The van der Waals surface area contributed by atoms with Crippen molar-refractivity contribution in [1.29, 1.82) is 0 Å². The summed E-state index contributed by atoms with van der Waals surface area (Å²) in [5.41, 5.74) is 0. The fourth-order valence-electron chi connectivity index (χ4n) is 1.48. The molecule has 19 heavy (non-hydrogen) atoms. The van der Waals surface area contributed by atoms with Crippen molar-refractivity contribution in [3.05, 3.63) is 29.3 Å². The Labute approximate surface area is 125 Å². The van der Waals surface area contributed by atoms with Crippen LogP contribution >= 0.6 is 23.4 Å². The second kappa shape index (κ2) is 7.81. The third-order valence-electron chi connectivity index (χ3n) is 3.13. The highest BCUT2D eigenvalue weighted by Crippen LogP contribution is 2.27. The maximum Gasteiger partial charge on any atom is 0.233 e. The lowest BCUT2D eigenvalue weighted by Crippen LogP contribution is -2.41. The van der Waals surface area contributed by atoms with Crippen LogP contribution in [0, 0.1) is 5.92 Å². The van der Waals surface area contributed by atoms with Gasteiger partial charge in [0, 0.05) is 16.0 Å².